The number of methoxy groups -OCH3 is 2. The number of aromatic nitrogens is 1. The zero-order valence-corrected chi connectivity index (χ0v) is 23.4. The smallest absolute Gasteiger partial charge is 0.325 e. The first kappa shape index (κ1) is 29.1. The zero-order chi connectivity index (χ0) is 27.8. The molecule has 1 aromatic heterocycles. The number of fused-ring (bicyclic) bond motifs is 1. The number of aryl methyl sites for hydroxylation is 2. The van der Waals surface area contributed by atoms with Crippen molar-refractivity contribution in [2.45, 2.75) is 76.9 Å². The Bertz CT molecular complexity index is 1110. The summed E-state index contributed by atoms with van der Waals surface area (Å²) in [5, 5.41) is 13.5. The van der Waals surface area contributed by atoms with Crippen molar-refractivity contribution in [2.75, 3.05) is 45.8 Å². The second kappa shape index (κ2) is 13.9. The van der Waals surface area contributed by atoms with E-state index in [1.165, 1.54) is 18.7 Å². The molecule has 3 heterocycles. The van der Waals surface area contributed by atoms with Crippen LogP contribution in [0.15, 0.2) is 18.2 Å². The van der Waals surface area contributed by atoms with Crippen molar-refractivity contribution >= 4 is 11.8 Å². The average Bonchev–Trinajstić information content (AvgIpc) is 3.38. The van der Waals surface area contributed by atoms with Crippen molar-refractivity contribution in [1.82, 2.24) is 9.88 Å². The van der Waals surface area contributed by atoms with Crippen LogP contribution in [0.5, 0.6) is 11.5 Å². The number of rotatable bonds is 14. The highest BCUT2D eigenvalue weighted by atomic mass is 19.1. The highest BCUT2D eigenvalue weighted by molar-refractivity contribution is 5.77. The van der Waals surface area contributed by atoms with Crippen LogP contribution in [0.1, 0.15) is 73.9 Å². The van der Waals surface area contributed by atoms with Gasteiger partial charge in [0.1, 0.15) is 17.6 Å². The van der Waals surface area contributed by atoms with Crippen LogP contribution in [-0.2, 0) is 28.8 Å². The molecule has 8 nitrogen and oxygen atoms in total. The molecule has 0 bridgehead atoms. The monoisotopic (exact) mass is 543 g/mol. The summed E-state index contributed by atoms with van der Waals surface area (Å²) in [4.78, 5) is 19.0. The highest BCUT2D eigenvalue weighted by Gasteiger charge is 2.36. The van der Waals surface area contributed by atoms with E-state index in [4.69, 9.17) is 19.2 Å². The Balaban J connectivity index is 1.26. The summed E-state index contributed by atoms with van der Waals surface area (Å²) in [7, 11) is 3.09. The standard InChI is InChI=1S/C30H42FN3O5/c1-4-9-20-16-24(28(38-3)25(31)17-20)27(30(35)36)34-14-12-22(19-34)39-15-7-5-6-10-21-18-26(37-2)23-11-8-13-32-29(23)33-21/h16-18,22,27H,4-15,19H2,1-3H3,(H,32,33)(H,35,36)/t22-,27+/m1/s1. The second-order valence-corrected chi connectivity index (χ2v) is 10.5. The third-order valence-corrected chi connectivity index (χ3v) is 7.63. The Hall–Kier alpha value is -2.91. The minimum absolute atomic E-state index is 0.00781. The minimum atomic E-state index is -1.01. The number of halogens is 1. The number of nitrogens with one attached hydrogen (secondary N) is 1. The number of pyridine rings is 1. The van der Waals surface area contributed by atoms with Gasteiger partial charge in [-0.25, -0.2) is 9.37 Å². The lowest BCUT2D eigenvalue weighted by molar-refractivity contribution is -0.143. The number of hydrogen-bond donors (Lipinski definition) is 2. The molecule has 0 unspecified atom stereocenters. The van der Waals surface area contributed by atoms with E-state index in [1.807, 2.05) is 11.8 Å². The van der Waals surface area contributed by atoms with Gasteiger partial charge in [0, 0.05) is 49.1 Å². The molecular formula is C30H42FN3O5. The number of aliphatic carboxylic acids is 1. The number of unbranched alkanes of at least 4 members (excludes halogenated alkanes) is 2. The fraction of sp³-hybridized carbons (Fsp3) is 0.600. The quantitative estimate of drug-likeness (QED) is 0.315. The molecule has 0 spiro atoms. The lowest BCUT2D eigenvalue weighted by Gasteiger charge is -2.26. The van der Waals surface area contributed by atoms with Crippen LogP contribution < -0.4 is 14.8 Å². The molecule has 1 saturated heterocycles. The third kappa shape index (κ3) is 7.19. The third-order valence-electron chi connectivity index (χ3n) is 7.63. The number of carboxylic acid groups (broad SMARTS) is 1. The number of ether oxygens (including phenoxy) is 3. The fourth-order valence-electron chi connectivity index (χ4n) is 5.74. The van der Waals surface area contributed by atoms with Crippen LogP contribution in [0.25, 0.3) is 0 Å². The number of carboxylic acids is 1. The van der Waals surface area contributed by atoms with E-state index in [1.54, 1.807) is 13.2 Å². The number of benzene rings is 1. The zero-order valence-electron chi connectivity index (χ0n) is 23.4. The SMILES string of the molecule is CCCc1cc(F)c(OC)c([C@@H](C(=O)O)N2CC[C@@H](OCCCCCc3cc(OC)c4c(n3)NCCC4)C2)c1. The Morgan fingerprint density at radius 2 is 2.05 bits per heavy atom. The highest BCUT2D eigenvalue weighted by Crippen LogP contribution is 2.36. The van der Waals surface area contributed by atoms with Gasteiger partial charge in [-0.05, 0) is 62.6 Å². The van der Waals surface area contributed by atoms with Crippen LogP contribution in [0, 0.1) is 5.82 Å². The van der Waals surface area contributed by atoms with Crippen molar-refractivity contribution in [2.24, 2.45) is 0 Å². The van der Waals surface area contributed by atoms with Crippen LogP contribution in [-0.4, -0.2) is 67.5 Å². The molecule has 39 heavy (non-hydrogen) atoms. The van der Waals surface area contributed by atoms with E-state index < -0.39 is 17.8 Å². The number of nitrogens with zero attached hydrogens (tertiary/aromatic N) is 2. The van der Waals surface area contributed by atoms with Crippen molar-refractivity contribution in [1.29, 1.82) is 0 Å². The first-order chi connectivity index (χ1) is 18.9. The molecule has 0 saturated carbocycles. The lowest BCUT2D eigenvalue weighted by atomic mass is 9.99. The van der Waals surface area contributed by atoms with Gasteiger partial charge in [-0.1, -0.05) is 19.8 Å². The molecule has 214 valence electrons. The molecule has 1 aromatic carbocycles. The molecule has 0 aliphatic carbocycles. The molecule has 1 fully saturated rings. The Labute approximate surface area is 230 Å². The number of hydrogen-bond acceptors (Lipinski definition) is 7. The molecule has 2 N–H and O–H groups in total. The normalized spacial score (nSPS) is 17.9. The number of carbonyl (C=O) groups is 1. The Kier molecular flexibility index (Phi) is 10.4. The Morgan fingerprint density at radius 3 is 2.79 bits per heavy atom. The van der Waals surface area contributed by atoms with E-state index in [2.05, 4.69) is 11.4 Å². The summed E-state index contributed by atoms with van der Waals surface area (Å²) in [5.41, 5.74) is 3.37. The summed E-state index contributed by atoms with van der Waals surface area (Å²) in [6, 6.07) is 4.31. The average molecular weight is 544 g/mol. The predicted molar refractivity (Wildman–Crippen MR) is 148 cm³/mol. The first-order valence-electron chi connectivity index (χ1n) is 14.2. The predicted octanol–water partition coefficient (Wildman–Crippen LogP) is 5.18. The van der Waals surface area contributed by atoms with Gasteiger partial charge in [0.25, 0.3) is 0 Å². The van der Waals surface area contributed by atoms with Gasteiger partial charge in [0.2, 0.25) is 0 Å². The van der Waals surface area contributed by atoms with Crippen LogP contribution >= 0.6 is 0 Å². The van der Waals surface area contributed by atoms with E-state index in [0.29, 0.717) is 31.7 Å². The topological polar surface area (TPSA) is 93.2 Å². The molecule has 9 heteroatoms. The maximum atomic E-state index is 14.7. The van der Waals surface area contributed by atoms with Gasteiger partial charge < -0.3 is 24.6 Å². The largest absolute Gasteiger partial charge is 0.496 e. The summed E-state index contributed by atoms with van der Waals surface area (Å²) in [6.07, 6.45) is 8.16. The minimum Gasteiger partial charge on any atom is -0.496 e. The van der Waals surface area contributed by atoms with E-state index in [9.17, 15) is 14.3 Å². The van der Waals surface area contributed by atoms with Crippen LogP contribution in [0.2, 0.25) is 0 Å². The van der Waals surface area contributed by atoms with E-state index in [0.717, 1.165) is 80.7 Å². The summed E-state index contributed by atoms with van der Waals surface area (Å²) < 4.78 is 31.7. The van der Waals surface area contributed by atoms with Crippen LogP contribution in [0.4, 0.5) is 10.2 Å². The van der Waals surface area contributed by atoms with E-state index >= 15 is 0 Å². The van der Waals surface area contributed by atoms with Gasteiger partial charge in [-0.3, -0.25) is 9.69 Å². The van der Waals surface area contributed by atoms with Crippen molar-refractivity contribution < 1.29 is 28.5 Å². The molecule has 4 rings (SSSR count). The molecule has 2 aliphatic rings. The number of anilines is 1. The number of likely N-dealkylation sites (tertiary alicyclic amines) is 1. The first-order valence-corrected chi connectivity index (χ1v) is 14.2. The van der Waals surface area contributed by atoms with Crippen molar-refractivity contribution in [3.05, 3.63) is 46.4 Å². The van der Waals surface area contributed by atoms with Gasteiger partial charge in [-0.15, -0.1) is 0 Å². The van der Waals surface area contributed by atoms with Gasteiger partial charge >= 0.3 is 5.97 Å². The van der Waals surface area contributed by atoms with Crippen LogP contribution in [0.3, 0.4) is 0 Å². The second-order valence-electron chi connectivity index (χ2n) is 10.5. The van der Waals surface area contributed by atoms with Gasteiger partial charge in [0.15, 0.2) is 11.6 Å². The molecule has 2 aliphatic heterocycles. The summed E-state index contributed by atoms with van der Waals surface area (Å²) in [5.74, 6) is 0.366. The summed E-state index contributed by atoms with van der Waals surface area (Å²) in [6.45, 7) is 4.66. The molecule has 2 atom stereocenters. The maximum Gasteiger partial charge on any atom is 0.325 e. The summed E-state index contributed by atoms with van der Waals surface area (Å²) >= 11 is 0. The molecule has 0 amide bonds. The Morgan fingerprint density at radius 1 is 1.21 bits per heavy atom. The maximum absolute atomic E-state index is 14.7. The molecule has 2 aromatic rings. The molecule has 0 radical (unpaired) electrons. The van der Waals surface area contributed by atoms with Gasteiger partial charge in [0.05, 0.1) is 20.3 Å². The van der Waals surface area contributed by atoms with Crippen molar-refractivity contribution in [3.63, 3.8) is 0 Å². The van der Waals surface area contributed by atoms with Crippen molar-refractivity contribution in [3.8, 4) is 11.5 Å². The fourth-order valence-corrected chi connectivity index (χ4v) is 5.74. The van der Waals surface area contributed by atoms with Gasteiger partial charge in [-0.2, -0.15) is 0 Å². The van der Waals surface area contributed by atoms with E-state index in [-0.39, 0.29) is 11.9 Å². The lowest BCUT2D eigenvalue weighted by Crippen LogP contribution is -2.34. The molecular weight excluding hydrogens is 501 g/mol.